The number of nitrogens with one attached hydrogen (secondary N) is 1. The van der Waals surface area contributed by atoms with Crippen molar-refractivity contribution in [3.8, 4) is 5.75 Å². The highest BCUT2D eigenvalue weighted by Crippen LogP contribution is 2.22. The second-order valence-corrected chi connectivity index (χ2v) is 5.10. The number of rotatable bonds is 10. The van der Waals surface area contributed by atoms with Crippen molar-refractivity contribution in [1.82, 2.24) is 0 Å². The molecule has 1 rings (SSSR count). The van der Waals surface area contributed by atoms with E-state index in [1.54, 1.807) is 18.2 Å². The fourth-order valence-electron chi connectivity index (χ4n) is 1.99. The van der Waals surface area contributed by atoms with E-state index < -0.39 is 11.9 Å². The lowest BCUT2D eigenvalue weighted by atomic mass is 10.2. The first kappa shape index (κ1) is 18.7. The third-order valence-corrected chi connectivity index (χ3v) is 3.23. The summed E-state index contributed by atoms with van der Waals surface area (Å²) in [6.45, 7) is 2.54. The van der Waals surface area contributed by atoms with Crippen molar-refractivity contribution in [2.45, 2.75) is 39.0 Å². The molecule has 5 nitrogen and oxygen atoms in total. The molecule has 0 bridgehead atoms. The maximum Gasteiger partial charge on any atom is 0.330 e. The van der Waals surface area contributed by atoms with E-state index in [-0.39, 0.29) is 0 Å². The Balaban J connectivity index is 2.30. The average Bonchev–Trinajstić information content (AvgIpc) is 2.56. The van der Waals surface area contributed by atoms with Crippen LogP contribution in [0.1, 0.15) is 39.0 Å². The van der Waals surface area contributed by atoms with E-state index in [4.69, 9.17) is 9.47 Å². The molecular weight excluding hydrogens is 294 g/mol. The molecule has 126 valence electrons. The molecule has 0 aromatic heterocycles. The molecule has 0 saturated carbocycles. The molecular formula is C18H25NO4. The van der Waals surface area contributed by atoms with Gasteiger partial charge in [-0.1, -0.05) is 44.7 Å². The molecule has 5 heteroatoms. The van der Waals surface area contributed by atoms with Crippen LogP contribution in [0.4, 0.5) is 5.69 Å². The summed E-state index contributed by atoms with van der Waals surface area (Å²) in [5.74, 6) is -0.353. The third-order valence-electron chi connectivity index (χ3n) is 3.23. The van der Waals surface area contributed by atoms with Gasteiger partial charge in [-0.3, -0.25) is 4.79 Å². The molecule has 1 aromatic rings. The Labute approximate surface area is 137 Å². The molecule has 0 fully saturated rings. The Morgan fingerprint density at radius 2 is 1.83 bits per heavy atom. The van der Waals surface area contributed by atoms with Gasteiger partial charge in [-0.05, 0) is 18.6 Å². The van der Waals surface area contributed by atoms with E-state index in [1.807, 2.05) is 6.07 Å². The van der Waals surface area contributed by atoms with E-state index in [9.17, 15) is 9.59 Å². The lowest BCUT2D eigenvalue weighted by molar-refractivity contribution is -0.138. The van der Waals surface area contributed by atoms with Gasteiger partial charge in [0.2, 0.25) is 5.91 Å². The number of anilines is 1. The Morgan fingerprint density at radius 3 is 2.57 bits per heavy atom. The highest BCUT2D eigenvalue weighted by molar-refractivity contribution is 6.03. The van der Waals surface area contributed by atoms with Crippen molar-refractivity contribution in [3.05, 3.63) is 36.4 Å². The van der Waals surface area contributed by atoms with Crippen LogP contribution < -0.4 is 10.1 Å². The largest absolute Gasteiger partial charge is 0.495 e. The zero-order valence-corrected chi connectivity index (χ0v) is 13.8. The van der Waals surface area contributed by atoms with Crippen LogP contribution in [0.25, 0.3) is 0 Å². The number of hydrogen-bond donors (Lipinski definition) is 1. The second kappa shape index (κ2) is 11.3. The minimum atomic E-state index is -0.504. The Hall–Kier alpha value is -2.30. The van der Waals surface area contributed by atoms with Gasteiger partial charge in [0.15, 0.2) is 0 Å². The summed E-state index contributed by atoms with van der Waals surface area (Å²) in [6.07, 6.45) is 7.75. The molecule has 0 aliphatic heterocycles. The molecule has 0 aliphatic carbocycles. The minimum Gasteiger partial charge on any atom is -0.495 e. The molecule has 1 N–H and O–H groups in total. The fraction of sp³-hybridized carbons (Fsp3) is 0.444. The van der Waals surface area contributed by atoms with Gasteiger partial charge in [0.25, 0.3) is 0 Å². The molecule has 0 heterocycles. The van der Waals surface area contributed by atoms with Crippen LogP contribution in [-0.4, -0.2) is 25.6 Å². The number of benzene rings is 1. The molecule has 0 unspecified atom stereocenters. The van der Waals surface area contributed by atoms with Crippen molar-refractivity contribution < 1.29 is 19.1 Å². The van der Waals surface area contributed by atoms with Gasteiger partial charge in [-0.15, -0.1) is 0 Å². The quantitative estimate of drug-likeness (QED) is 0.406. The average molecular weight is 319 g/mol. The summed E-state index contributed by atoms with van der Waals surface area (Å²) in [5.41, 5.74) is 0.550. The summed E-state index contributed by atoms with van der Waals surface area (Å²) in [6, 6.07) is 7.06. The zero-order valence-electron chi connectivity index (χ0n) is 13.8. The van der Waals surface area contributed by atoms with Gasteiger partial charge in [0.1, 0.15) is 5.75 Å². The molecule has 0 aliphatic rings. The van der Waals surface area contributed by atoms with E-state index in [1.165, 1.54) is 20.0 Å². The van der Waals surface area contributed by atoms with E-state index in [0.29, 0.717) is 18.0 Å². The zero-order chi connectivity index (χ0) is 16.9. The third kappa shape index (κ3) is 8.04. The van der Waals surface area contributed by atoms with E-state index in [2.05, 4.69) is 12.2 Å². The van der Waals surface area contributed by atoms with Crippen molar-refractivity contribution in [2.24, 2.45) is 0 Å². The second-order valence-electron chi connectivity index (χ2n) is 5.10. The molecule has 1 aromatic carbocycles. The number of para-hydroxylation sites is 2. The van der Waals surface area contributed by atoms with Crippen molar-refractivity contribution in [2.75, 3.05) is 19.0 Å². The van der Waals surface area contributed by atoms with Crippen molar-refractivity contribution in [3.63, 3.8) is 0 Å². The number of unbranched alkanes of at least 4 members (excludes halogenated alkanes) is 4. The van der Waals surface area contributed by atoms with E-state index in [0.717, 1.165) is 31.4 Å². The summed E-state index contributed by atoms with van der Waals surface area (Å²) in [5, 5.41) is 2.65. The Bertz CT molecular complexity index is 526. The SMILES string of the molecule is CCCCCCCOC(=O)/C=C/C(=O)Nc1ccccc1OC. The topological polar surface area (TPSA) is 64.6 Å². The minimum absolute atomic E-state index is 0.390. The standard InChI is InChI=1S/C18H25NO4/c1-3-4-5-6-9-14-23-18(21)13-12-17(20)19-15-10-7-8-11-16(15)22-2/h7-8,10-13H,3-6,9,14H2,1-2H3,(H,19,20)/b13-12+. The number of ether oxygens (including phenoxy) is 2. The molecule has 1 amide bonds. The first-order chi connectivity index (χ1) is 11.2. The lowest BCUT2D eigenvalue weighted by Gasteiger charge is -2.07. The van der Waals surface area contributed by atoms with Crippen LogP contribution in [0.3, 0.4) is 0 Å². The van der Waals surface area contributed by atoms with Crippen LogP contribution >= 0.6 is 0 Å². The number of carbonyl (C=O) groups is 2. The predicted octanol–water partition coefficient (Wildman–Crippen LogP) is 3.70. The normalized spacial score (nSPS) is 10.5. The van der Waals surface area contributed by atoms with Crippen LogP contribution in [0.5, 0.6) is 5.75 Å². The summed E-state index contributed by atoms with van der Waals surface area (Å²) < 4.78 is 10.2. The lowest BCUT2D eigenvalue weighted by Crippen LogP contribution is -2.10. The molecule has 0 atom stereocenters. The van der Waals surface area contributed by atoms with Gasteiger partial charge < -0.3 is 14.8 Å². The van der Waals surface area contributed by atoms with Crippen molar-refractivity contribution in [1.29, 1.82) is 0 Å². The summed E-state index contributed by atoms with van der Waals surface area (Å²) in [7, 11) is 1.53. The first-order valence-corrected chi connectivity index (χ1v) is 7.96. The van der Waals surface area contributed by atoms with Gasteiger partial charge in [-0.25, -0.2) is 4.79 Å². The molecule has 0 spiro atoms. The fourth-order valence-corrected chi connectivity index (χ4v) is 1.99. The number of methoxy groups -OCH3 is 1. The maximum atomic E-state index is 11.8. The summed E-state index contributed by atoms with van der Waals surface area (Å²) >= 11 is 0. The number of hydrogen-bond acceptors (Lipinski definition) is 4. The van der Waals surface area contributed by atoms with Crippen LogP contribution in [-0.2, 0) is 14.3 Å². The highest BCUT2D eigenvalue weighted by atomic mass is 16.5. The smallest absolute Gasteiger partial charge is 0.330 e. The van der Waals surface area contributed by atoms with Gasteiger partial charge >= 0.3 is 5.97 Å². The van der Waals surface area contributed by atoms with Gasteiger partial charge in [0.05, 0.1) is 19.4 Å². The molecule has 0 radical (unpaired) electrons. The van der Waals surface area contributed by atoms with Crippen LogP contribution in [0, 0.1) is 0 Å². The maximum absolute atomic E-state index is 11.8. The van der Waals surface area contributed by atoms with E-state index >= 15 is 0 Å². The summed E-state index contributed by atoms with van der Waals surface area (Å²) in [4.78, 5) is 23.3. The Morgan fingerprint density at radius 1 is 1.09 bits per heavy atom. The van der Waals surface area contributed by atoms with Crippen LogP contribution in [0.15, 0.2) is 36.4 Å². The first-order valence-electron chi connectivity index (χ1n) is 7.96. The number of carbonyl (C=O) groups excluding carboxylic acids is 2. The van der Waals surface area contributed by atoms with Crippen LogP contribution in [0.2, 0.25) is 0 Å². The number of amides is 1. The predicted molar refractivity (Wildman–Crippen MR) is 90.5 cm³/mol. The van der Waals surface area contributed by atoms with Crippen molar-refractivity contribution >= 4 is 17.6 Å². The van der Waals surface area contributed by atoms with Gasteiger partial charge in [-0.2, -0.15) is 0 Å². The molecule has 0 saturated heterocycles. The Kier molecular flexibility index (Phi) is 9.20. The van der Waals surface area contributed by atoms with Gasteiger partial charge in [0, 0.05) is 12.2 Å². The molecule has 23 heavy (non-hydrogen) atoms. The number of esters is 1. The highest BCUT2D eigenvalue weighted by Gasteiger charge is 2.05. The monoisotopic (exact) mass is 319 g/mol.